The quantitative estimate of drug-likeness (QED) is 0.475. The van der Waals surface area contributed by atoms with Gasteiger partial charge in [0.1, 0.15) is 12.3 Å². The Bertz CT molecular complexity index is 802. The highest BCUT2D eigenvalue weighted by Gasteiger charge is 2.36. The SMILES string of the molecule is Nc1nc2c(ncn2[C@H]2C[C@H](O)[C@@H](COCCC(=O)O)O2)c(=O)[nH]1. The summed E-state index contributed by atoms with van der Waals surface area (Å²) in [5.74, 6) is -0.999. The van der Waals surface area contributed by atoms with Crippen LogP contribution in [0.15, 0.2) is 11.1 Å². The van der Waals surface area contributed by atoms with Gasteiger partial charge < -0.3 is 25.4 Å². The third-order valence-electron chi connectivity index (χ3n) is 3.71. The van der Waals surface area contributed by atoms with E-state index in [0.29, 0.717) is 0 Å². The molecule has 0 bridgehead atoms. The lowest BCUT2D eigenvalue weighted by Gasteiger charge is -2.15. The van der Waals surface area contributed by atoms with Crippen molar-refractivity contribution >= 4 is 23.1 Å². The fourth-order valence-electron chi connectivity index (χ4n) is 2.55. The minimum Gasteiger partial charge on any atom is -0.481 e. The summed E-state index contributed by atoms with van der Waals surface area (Å²) in [7, 11) is 0. The number of rotatable bonds is 6. The van der Waals surface area contributed by atoms with E-state index in [1.165, 1.54) is 10.9 Å². The number of nitrogens with one attached hydrogen (secondary N) is 1. The van der Waals surface area contributed by atoms with Crippen LogP contribution in [0.1, 0.15) is 19.1 Å². The smallest absolute Gasteiger partial charge is 0.305 e. The highest BCUT2D eigenvalue weighted by Crippen LogP contribution is 2.30. The predicted octanol–water partition coefficient (Wildman–Crippen LogP) is -1.16. The number of hydrogen-bond donors (Lipinski definition) is 4. The van der Waals surface area contributed by atoms with Crippen molar-refractivity contribution in [2.24, 2.45) is 0 Å². The molecule has 1 saturated heterocycles. The third-order valence-corrected chi connectivity index (χ3v) is 3.71. The second kappa shape index (κ2) is 6.55. The van der Waals surface area contributed by atoms with Crippen LogP contribution in [-0.4, -0.2) is 61.1 Å². The predicted molar refractivity (Wildman–Crippen MR) is 80.2 cm³/mol. The summed E-state index contributed by atoms with van der Waals surface area (Å²) in [6.45, 7) is 0.0990. The van der Waals surface area contributed by atoms with E-state index in [2.05, 4.69) is 15.0 Å². The lowest BCUT2D eigenvalue weighted by molar-refractivity contribution is -0.138. The Balaban J connectivity index is 1.71. The summed E-state index contributed by atoms with van der Waals surface area (Å²) in [6.07, 6.45) is -0.446. The lowest BCUT2D eigenvalue weighted by Crippen LogP contribution is -2.27. The molecule has 5 N–H and O–H groups in total. The number of carbonyl (C=O) groups is 1. The maximum Gasteiger partial charge on any atom is 0.305 e. The van der Waals surface area contributed by atoms with Crippen LogP contribution in [0.25, 0.3) is 11.2 Å². The number of nitrogens with zero attached hydrogens (tertiary/aromatic N) is 3. The van der Waals surface area contributed by atoms with Crippen molar-refractivity contribution in [2.45, 2.75) is 31.3 Å². The van der Waals surface area contributed by atoms with Gasteiger partial charge in [0.05, 0.1) is 32.1 Å². The topological polar surface area (TPSA) is 166 Å². The van der Waals surface area contributed by atoms with E-state index >= 15 is 0 Å². The van der Waals surface area contributed by atoms with Gasteiger partial charge in [-0.1, -0.05) is 0 Å². The number of hydrogen-bond acceptors (Lipinski definition) is 8. The highest BCUT2D eigenvalue weighted by atomic mass is 16.6. The number of aliphatic hydroxyl groups excluding tert-OH is 1. The van der Waals surface area contributed by atoms with Crippen molar-refractivity contribution in [2.75, 3.05) is 18.9 Å². The Morgan fingerprint density at radius 2 is 2.38 bits per heavy atom. The molecule has 2 aromatic rings. The van der Waals surface area contributed by atoms with E-state index in [4.69, 9.17) is 20.3 Å². The number of carboxylic acid groups (broad SMARTS) is 1. The zero-order chi connectivity index (χ0) is 17.3. The average Bonchev–Trinajstić information content (AvgIpc) is 3.07. The first-order chi connectivity index (χ1) is 11.5. The number of H-pyrrole nitrogens is 1. The Morgan fingerprint density at radius 1 is 1.58 bits per heavy atom. The number of fused-ring (bicyclic) bond motifs is 1. The van der Waals surface area contributed by atoms with Gasteiger partial charge in [-0.2, -0.15) is 4.98 Å². The summed E-state index contributed by atoms with van der Waals surface area (Å²) in [4.78, 5) is 32.6. The van der Waals surface area contributed by atoms with E-state index in [9.17, 15) is 14.7 Å². The van der Waals surface area contributed by atoms with Crippen LogP contribution in [0, 0.1) is 0 Å². The number of nitrogens with two attached hydrogens (primary N) is 1. The molecule has 0 saturated carbocycles. The molecular formula is C13H17N5O6. The maximum atomic E-state index is 11.8. The standard InChI is InChI=1S/C13H17N5O6/c14-13-16-11-10(12(22)17-13)15-5-18(11)8-3-6(19)7(24-8)4-23-2-1-9(20)21/h5-8,19H,1-4H2,(H,20,21)(H3,14,16,17,22)/t6-,7+,8+/m0/s1. The van der Waals surface area contributed by atoms with Gasteiger partial charge in [0.2, 0.25) is 5.95 Å². The number of nitrogen functional groups attached to an aromatic ring is 1. The molecule has 1 fully saturated rings. The molecule has 2 aromatic heterocycles. The van der Waals surface area contributed by atoms with Gasteiger partial charge in [-0.15, -0.1) is 0 Å². The fraction of sp³-hybridized carbons (Fsp3) is 0.538. The van der Waals surface area contributed by atoms with Crippen molar-refractivity contribution in [1.29, 1.82) is 0 Å². The summed E-state index contributed by atoms with van der Waals surface area (Å²) < 4.78 is 12.5. The van der Waals surface area contributed by atoms with E-state index in [0.717, 1.165) is 0 Å². The molecular weight excluding hydrogens is 322 g/mol. The molecule has 3 atom stereocenters. The first-order valence-electron chi connectivity index (χ1n) is 7.31. The number of aromatic amines is 1. The van der Waals surface area contributed by atoms with Gasteiger partial charge >= 0.3 is 5.97 Å². The molecule has 1 aliphatic heterocycles. The number of anilines is 1. The van der Waals surface area contributed by atoms with Crippen LogP contribution in [0.2, 0.25) is 0 Å². The number of aliphatic hydroxyl groups is 1. The zero-order valence-electron chi connectivity index (χ0n) is 12.6. The van der Waals surface area contributed by atoms with E-state index in [1.54, 1.807) is 0 Å². The number of ether oxygens (including phenoxy) is 2. The summed E-state index contributed by atoms with van der Waals surface area (Å²) in [6, 6.07) is 0. The Hall–Kier alpha value is -2.50. The first kappa shape index (κ1) is 16.4. The third kappa shape index (κ3) is 3.22. The number of carboxylic acids is 1. The first-order valence-corrected chi connectivity index (χ1v) is 7.31. The highest BCUT2D eigenvalue weighted by molar-refractivity contribution is 5.70. The van der Waals surface area contributed by atoms with Gasteiger partial charge in [0, 0.05) is 6.42 Å². The molecule has 0 unspecified atom stereocenters. The number of aliphatic carboxylic acids is 1. The average molecular weight is 339 g/mol. The van der Waals surface area contributed by atoms with E-state index in [-0.39, 0.29) is 43.2 Å². The molecule has 3 heterocycles. The van der Waals surface area contributed by atoms with Gasteiger partial charge in [0.25, 0.3) is 5.56 Å². The number of aromatic nitrogens is 4. The van der Waals surface area contributed by atoms with Gasteiger partial charge in [-0.05, 0) is 0 Å². The van der Waals surface area contributed by atoms with Crippen molar-refractivity contribution in [3.63, 3.8) is 0 Å². The van der Waals surface area contributed by atoms with Crippen LogP contribution in [0.5, 0.6) is 0 Å². The summed E-state index contributed by atoms with van der Waals surface area (Å²) >= 11 is 0. The molecule has 0 aromatic carbocycles. The zero-order valence-corrected chi connectivity index (χ0v) is 12.6. The molecule has 0 radical (unpaired) electrons. The number of imidazole rings is 1. The van der Waals surface area contributed by atoms with Gasteiger partial charge in [-0.3, -0.25) is 19.1 Å². The van der Waals surface area contributed by atoms with E-state index < -0.39 is 30.0 Å². The molecule has 0 amide bonds. The minimum absolute atomic E-state index is 0.0358. The molecule has 24 heavy (non-hydrogen) atoms. The van der Waals surface area contributed by atoms with Gasteiger partial charge in [-0.25, -0.2) is 4.98 Å². The molecule has 11 nitrogen and oxygen atoms in total. The van der Waals surface area contributed by atoms with Crippen LogP contribution < -0.4 is 11.3 Å². The van der Waals surface area contributed by atoms with Crippen LogP contribution in [-0.2, 0) is 14.3 Å². The Kier molecular flexibility index (Phi) is 4.46. The largest absolute Gasteiger partial charge is 0.481 e. The summed E-state index contributed by atoms with van der Waals surface area (Å²) in [5.41, 5.74) is 5.48. The Labute approximate surface area is 135 Å². The molecule has 0 aliphatic carbocycles. The monoisotopic (exact) mass is 339 g/mol. The maximum absolute atomic E-state index is 11.8. The van der Waals surface area contributed by atoms with Crippen molar-refractivity contribution in [3.8, 4) is 0 Å². The van der Waals surface area contributed by atoms with Crippen LogP contribution >= 0.6 is 0 Å². The summed E-state index contributed by atoms with van der Waals surface area (Å²) in [5, 5.41) is 18.6. The van der Waals surface area contributed by atoms with Crippen LogP contribution in [0.4, 0.5) is 5.95 Å². The second-order valence-corrected chi connectivity index (χ2v) is 5.43. The van der Waals surface area contributed by atoms with Gasteiger partial charge in [0.15, 0.2) is 11.2 Å². The molecule has 3 rings (SSSR count). The van der Waals surface area contributed by atoms with Crippen LogP contribution in [0.3, 0.4) is 0 Å². The molecule has 130 valence electrons. The fourth-order valence-corrected chi connectivity index (χ4v) is 2.55. The molecule has 1 aliphatic rings. The Morgan fingerprint density at radius 3 is 3.12 bits per heavy atom. The van der Waals surface area contributed by atoms with E-state index in [1.807, 2.05) is 0 Å². The molecule has 0 spiro atoms. The molecule has 11 heteroatoms. The van der Waals surface area contributed by atoms with Crippen molar-refractivity contribution in [3.05, 3.63) is 16.7 Å². The second-order valence-electron chi connectivity index (χ2n) is 5.43. The lowest BCUT2D eigenvalue weighted by atomic mass is 10.2. The minimum atomic E-state index is -0.959. The van der Waals surface area contributed by atoms with Crippen molar-refractivity contribution in [1.82, 2.24) is 19.5 Å². The van der Waals surface area contributed by atoms with Crippen molar-refractivity contribution < 1.29 is 24.5 Å². The normalized spacial score (nSPS) is 23.8.